The number of rotatable bonds is 7. The van der Waals surface area contributed by atoms with E-state index in [1.165, 1.54) is 5.56 Å². The van der Waals surface area contributed by atoms with Gasteiger partial charge in [-0.3, -0.25) is 4.68 Å². The molecular formula is C14H21N5. The summed E-state index contributed by atoms with van der Waals surface area (Å²) < 4.78 is 1.95. The zero-order valence-electron chi connectivity index (χ0n) is 11.6. The van der Waals surface area contributed by atoms with Crippen molar-refractivity contribution in [1.29, 1.82) is 0 Å². The minimum atomic E-state index is 0.246. The van der Waals surface area contributed by atoms with Gasteiger partial charge in [0.1, 0.15) is 6.33 Å². The third-order valence-electron chi connectivity index (χ3n) is 3.07. The minimum absolute atomic E-state index is 0.246. The SMILES string of the molecule is CCCNC(Cc1cnn(CC)c1)c1cncnc1. The second-order valence-corrected chi connectivity index (χ2v) is 4.59. The summed E-state index contributed by atoms with van der Waals surface area (Å²) in [6.07, 6.45) is 11.4. The maximum Gasteiger partial charge on any atom is 0.115 e. The summed E-state index contributed by atoms with van der Waals surface area (Å²) >= 11 is 0. The Labute approximate surface area is 114 Å². The maximum absolute atomic E-state index is 4.32. The Kier molecular flexibility index (Phi) is 5.03. The second kappa shape index (κ2) is 6.99. The number of aromatic nitrogens is 4. The predicted molar refractivity (Wildman–Crippen MR) is 74.7 cm³/mol. The van der Waals surface area contributed by atoms with Gasteiger partial charge in [0, 0.05) is 36.7 Å². The summed E-state index contributed by atoms with van der Waals surface area (Å²) in [5.41, 5.74) is 2.36. The van der Waals surface area contributed by atoms with E-state index < -0.39 is 0 Å². The van der Waals surface area contributed by atoms with Crippen LogP contribution in [0.15, 0.2) is 31.1 Å². The van der Waals surface area contributed by atoms with E-state index in [1.807, 2.05) is 23.3 Å². The Morgan fingerprint density at radius 1 is 1.21 bits per heavy atom. The first-order chi connectivity index (χ1) is 9.33. The molecule has 2 aromatic heterocycles. The van der Waals surface area contributed by atoms with Crippen LogP contribution in [0.5, 0.6) is 0 Å². The van der Waals surface area contributed by atoms with Gasteiger partial charge >= 0.3 is 0 Å². The number of hydrogen-bond acceptors (Lipinski definition) is 4. The first-order valence-electron chi connectivity index (χ1n) is 6.83. The van der Waals surface area contributed by atoms with Gasteiger partial charge in [0.25, 0.3) is 0 Å². The highest BCUT2D eigenvalue weighted by molar-refractivity contribution is 5.15. The smallest absolute Gasteiger partial charge is 0.115 e. The Morgan fingerprint density at radius 2 is 2.00 bits per heavy atom. The van der Waals surface area contributed by atoms with E-state index in [-0.39, 0.29) is 6.04 Å². The van der Waals surface area contributed by atoms with Gasteiger partial charge in [0.15, 0.2) is 0 Å². The van der Waals surface area contributed by atoms with Gasteiger partial charge in [-0.2, -0.15) is 5.10 Å². The van der Waals surface area contributed by atoms with Crippen molar-refractivity contribution in [3.8, 4) is 0 Å². The lowest BCUT2D eigenvalue weighted by molar-refractivity contribution is 0.526. The second-order valence-electron chi connectivity index (χ2n) is 4.59. The van der Waals surface area contributed by atoms with E-state index in [0.717, 1.165) is 31.5 Å². The molecule has 1 N–H and O–H groups in total. The molecule has 0 saturated carbocycles. The first-order valence-corrected chi connectivity index (χ1v) is 6.83. The molecular weight excluding hydrogens is 238 g/mol. The van der Waals surface area contributed by atoms with Gasteiger partial charge in [-0.05, 0) is 31.9 Å². The monoisotopic (exact) mass is 259 g/mol. The van der Waals surface area contributed by atoms with E-state index >= 15 is 0 Å². The van der Waals surface area contributed by atoms with E-state index in [0.29, 0.717) is 0 Å². The number of hydrogen-bond donors (Lipinski definition) is 1. The van der Waals surface area contributed by atoms with Crippen LogP contribution < -0.4 is 5.32 Å². The third kappa shape index (κ3) is 3.86. The van der Waals surface area contributed by atoms with Crippen molar-refractivity contribution in [2.45, 2.75) is 39.3 Å². The van der Waals surface area contributed by atoms with Crippen molar-refractivity contribution in [3.63, 3.8) is 0 Å². The fourth-order valence-corrected chi connectivity index (χ4v) is 2.04. The van der Waals surface area contributed by atoms with E-state index in [9.17, 15) is 0 Å². The van der Waals surface area contributed by atoms with Gasteiger partial charge in [-0.15, -0.1) is 0 Å². The lowest BCUT2D eigenvalue weighted by Gasteiger charge is -2.17. The molecule has 2 rings (SSSR count). The van der Waals surface area contributed by atoms with Crippen molar-refractivity contribution in [1.82, 2.24) is 25.1 Å². The molecule has 2 aromatic rings. The molecule has 0 fully saturated rings. The van der Waals surface area contributed by atoms with Gasteiger partial charge in [-0.25, -0.2) is 9.97 Å². The van der Waals surface area contributed by atoms with Crippen molar-refractivity contribution < 1.29 is 0 Å². The first kappa shape index (κ1) is 13.7. The van der Waals surface area contributed by atoms with Gasteiger partial charge in [0.2, 0.25) is 0 Å². The van der Waals surface area contributed by atoms with Crippen LogP contribution in [0.4, 0.5) is 0 Å². The molecule has 0 aliphatic carbocycles. The number of aryl methyl sites for hydroxylation is 1. The fourth-order valence-electron chi connectivity index (χ4n) is 2.04. The van der Waals surface area contributed by atoms with Crippen LogP contribution in [0.25, 0.3) is 0 Å². The Bertz CT molecular complexity index is 480. The summed E-state index contributed by atoms with van der Waals surface area (Å²) in [7, 11) is 0. The topological polar surface area (TPSA) is 55.6 Å². The molecule has 0 aliphatic rings. The molecule has 0 saturated heterocycles. The largest absolute Gasteiger partial charge is 0.310 e. The van der Waals surface area contributed by atoms with Crippen molar-refractivity contribution in [2.24, 2.45) is 0 Å². The highest BCUT2D eigenvalue weighted by atomic mass is 15.3. The highest BCUT2D eigenvalue weighted by Gasteiger charge is 2.13. The Hall–Kier alpha value is -1.75. The lowest BCUT2D eigenvalue weighted by atomic mass is 10.0. The lowest BCUT2D eigenvalue weighted by Crippen LogP contribution is -2.24. The zero-order chi connectivity index (χ0) is 13.5. The summed E-state index contributed by atoms with van der Waals surface area (Å²) in [5.74, 6) is 0. The molecule has 2 heterocycles. The van der Waals surface area contributed by atoms with Gasteiger partial charge in [0.05, 0.1) is 6.20 Å². The number of nitrogens with one attached hydrogen (secondary N) is 1. The third-order valence-corrected chi connectivity index (χ3v) is 3.07. The summed E-state index contributed by atoms with van der Waals surface area (Å²) in [6, 6.07) is 0.246. The van der Waals surface area contributed by atoms with E-state index in [2.05, 4.69) is 40.4 Å². The van der Waals surface area contributed by atoms with E-state index in [4.69, 9.17) is 0 Å². The zero-order valence-corrected chi connectivity index (χ0v) is 11.6. The molecule has 0 spiro atoms. The molecule has 19 heavy (non-hydrogen) atoms. The normalized spacial score (nSPS) is 12.5. The molecule has 0 amide bonds. The van der Waals surface area contributed by atoms with Gasteiger partial charge in [-0.1, -0.05) is 6.92 Å². The van der Waals surface area contributed by atoms with Crippen LogP contribution in [-0.4, -0.2) is 26.3 Å². The molecule has 0 radical (unpaired) electrons. The van der Waals surface area contributed by atoms with Crippen LogP contribution >= 0.6 is 0 Å². The summed E-state index contributed by atoms with van der Waals surface area (Å²) in [4.78, 5) is 8.21. The minimum Gasteiger partial charge on any atom is -0.310 e. The molecule has 0 aromatic carbocycles. The molecule has 0 aliphatic heterocycles. The Balaban J connectivity index is 2.09. The molecule has 1 unspecified atom stereocenters. The summed E-state index contributed by atoms with van der Waals surface area (Å²) in [5, 5.41) is 7.86. The quantitative estimate of drug-likeness (QED) is 0.826. The molecule has 5 heteroatoms. The van der Waals surface area contributed by atoms with Crippen LogP contribution in [0.2, 0.25) is 0 Å². The summed E-state index contributed by atoms with van der Waals surface area (Å²) in [6.45, 7) is 6.15. The maximum atomic E-state index is 4.32. The van der Waals surface area contributed by atoms with Gasteiger partial charge < -0.3 is 5.32 Å². The average Bonchev–Trinajstić information content (AvgIpc) is 2.92. The van der Waals surface area contributed by atoms with Crippen molar-refractivity contribution >= 4 is 0 Å². The highest BCUT2D eigenvalue weighted by Crippen LogP contribution is 2.16. The van der Waals surface area contributed by atoms with Crippen molar-refractivity contribution in [2.75, 3.05) is 6.54 Å². The van der Waals surface area contributed by atoms with Crippen LogP contribution in [0, 0.1) is 0 Å². The molecule has 0 bridgehead atoms. The van der Waals surface area contributed by atoms with Crippen LogP contribution in [-0.2, 0) is 13.0 Å². The van der Waals surface area contributed by atoms with Crippen LogP contribution in [0.3, 0.4) is 0 Å². The average molecular weight is 259 g/mol. The fraction of sp³-hybridized carbons (Fsp3) is 0.500. The van der Waals surface area contributed by atoms with E-state index in [1.54, 1.807) is 6.33 Å². The molecule has 102 valence electrons. The van der Waals surface area contributed by atoms with Crippen LogP contribution in [0.1, 0.15) is 37.4 Å². The predicted octanol–water partition coefficient (Wildman–Crippen LogP) is 1.98. The molecule has 5 nitrogen and oxygen atoms in total. The van der Waals surface area contributed by atoms with Crippen molar-refractivity contribution in [3.05, 3.63) is 42.2 Å². The Morgan fingerprint density at radius 3 is 2.63 bits per heavy atom. The number of nitrogens with zero attached hydrogens (tertiary/aromatic N) is 4. The molecule has 1 atom stereocenters. The standard InChI is InChI=1S/C14H21N5/c1-3-5-17-14(13-8-15-11-16-9-13)6-12-7-18-19(4-2)10-12/h7-11,14,17H,3-6H2,1-2H3.